The van der Waals surface area contributed by atoms with Crippen LogP contribution < -0.4 is 5.01 Å². The molecule has 0 spiro atoms. The summed E-state index contributed by atoms with van der Waals surface area (Å²) in [6, 6.07) is 27.6. The van der Waals surface area contributed by atoms with E-state index in [2.05, 4.69) is 0 Å². The molecule has 0 aliphatic heterocycles. The highest BCUT2D eigenvalue weighted by Gasteiger charge is 2.21. The zero-order chi connectivity index (χ0) is 19.1. The number of anilines is 1. The minimum atomic E-state index is -0.384. The van der Waals surface area contributed by atoms with Gasteiger partial charge < -0.3 is 4.74 Å². The van der Waals surface area contributed by atoms with E-state index in [9.17, 15) is 4.79 Å². The minimum absolute atomic E-state index is 0.243. The fourth-order valence-electron chi connectivity index (χ4n) is 2.74. The van der Waals surface area contributed by atoms with Crippen molar-refractivity contribution in [2.45, 2.75) is 20.1 Å². The number of benzene rings is 3. The van der Waals surface area contributed by atoms with Crippen LogP contribution in [0.2, 0.25) is 0 Å². The summed E-state index contributed by atoms with van der Waals surface area (Å²) < 4.78 is 5.57. The van der Waals surface area contributed by atoms with Crippen molar-refractivity contribution in [3.05, 3.63) is 102 Å². The number of hydrogen-bond donors (Lipinski definition) is 0. The van der Waals surface area contributed by atoms with Crippen LogP contribution in [0.25, 0.3) is 0 Å². The van der Waals surface area contributed by atoms with Crippen molar-refractivity contribution in [1.29, 1.82) is 0 Å². The van der Waals surface area contributed by atoms with E-state index in [4.69, 9.17) is 4.74 Å². The summed E-state index contributed by atoms with van der Waals surface area (Å²) in [5.74, 6) is 0. The largest absolute Gasteiger partial charge is 0.443 e. The van der Waals surface area contributed by atoms with Gasteiger partial charge in [0.05, 0.1) is 12.2 Å². The molecule has 3 aromatic carbocycles. The van der Waals surface area contributed by atoms with Gasteiger partial charge in [0.2, 0.25) is 0 Å². The molecule has 0 aliphatic carbocycles. The van der Waals surface area contributed by atoms with Gasteiger partial charge in [-0.05, 0) is 30.2 Å². The Bertz CT molecular complexity index is 849. The molecule has 27 heavy (non-hydrogen) atoms. The van der Waals surface area contributed by atoms with Gasteiger partial charge in [-0.3, -0.25) is 5.01 Å². The first-order valence-electron chi connectivity index (χ1n) is 8.96. The molecule has 0 radical (unpaired) electrons. The number of carbonyl (C=O) groups is 1. The third-order valence-corrected chi connectivity index (χ3v) is 4.36. The molecule has 138 valence electrons. The van der Waals surface area contributed by atoms with E-state index >= 15 is 0 Å². The third kappa shape index (κ3) is 5.11. The molecule has 4 nitrogen and oxygen atoms in total. The Morgan fingerprint density at radius 3 is 1.96 bits per heavy atom. The van der Waals surface area contributed by atoms with Crippen molar-refractivity contribution < 1.29 is 9.53 Å². The molecule has 3 aromatic rings. The molecule has 0 fully saturated rings. The second-order valence-corrected chi connectivity index (χ2v) is 6.44. The van der Waals surface area contributed by atoms with Crippen LogP contribution >= 0.6 is 0 Å². The fourth-order valence-corrected chi connectivity index (χ4v) is 2.74. The van der Waals surface area contributed by atoms with Crippen LogP contribution in [0, 0.1) is 6.92 Å². The molecule has 1 amide bonds. The molecule has 0 aromatic heterocycles. The molecule has 0 heterocycles. The van der Waals surface area contributed by atoms with Crippen LogP contribution in [0.1, 0.15) is 16.7 Å². The smallest absolute Gasteiger partial charge is 0.429 e. The number of amides is 1. The Labute approximate surface area is 160 Å². The maximum Gasteiger partial charge on any atom is 0.429 e. The van der Waals surface area contributed by atoms with E-state index in [0.29, 0.717) is 6.54 Å². The van der Waals surface area contributed by atoms with Gasteiger partial charge in [0.1, 0.15) is 6.61 Å². The van der Waals surface area contributed by atoms with Crippen LogP contribution in [-0.2, 0) is 17.9 Å². The van der Waals surface area contributed by atoms with Crippen LogP contribution in [0.5, 0.6) is 0 Å². The molecular weight excluding hydrogens is 336 g/mol. The highest BCUT2D eigenvalue weighted by molar-refractivity contribution is 5.70. The topological polar surface area (TPSA) is 32.8 Å². The molecule has 0 unspecified atom stereocenters. The normalized spacial score (nSPS) is 10.3. The third-order valence-electron chi connectivity index (χ3n) is 4.36. The number of nitrogens with zero attached hydrogens (tertiary/aromatic N) is 2. The van der Waals surface area contributed by atoms with Gasteiger partial charge in [-0.15, -0.1) is 0 Å². The molecular formula is C23H24N2O2. The molecule has 4 heteroatoms. The van der Waals surface area contributed by atoms with Crippen LogP contribution in [0.3, 0.4) is 0 Å². The van der Waals surface area contributed by atoms with Gasteiger partial charge in [-0.1, -0.05) is 78.4 Å². The molecule has 0 N–H and O–H groups in total. The van der Waals surface area contributed by atoms with E-state index in [1.165, 1.54) is 5.56 Å². The first kappa shape index (κ1) is 18.5. The summed E-state index contributed by atoms with van der Waals surface area (Å²) in [7, 11) is 1.87. The Morgan fingerprint density at radius 1 is 0.815 bits per heavy atom. The summed E-state index contributed by atoms with van der Waals surface area (Å²) in [6.45, 7) is 2.71. The Balaban J connectivity index is 1.77. The summed E-state index contributed by atoms with van der Waals surface area (Å²) in [5.41, 5.74) is 4.10. The molecule has 0 saturated carbocycles. The fraction of sp³-hybridized carbons (Fsp3) is 0.174. The number of hydrazine groups is 1. The average molecular weight is 360 g/mol. The van der Waals surface area contributed by atoms with Crippen LogP contribution in [0.4, 0.5) is 10.5 Å². The Morgan fingerprint density at radius 2 is 1.37 bits per heavy atom. The van der Waals surface area contributed by atoms with Crippen LogP contribution in [-0.4, -0.2) is 18.1 Å². The zero-order valence-electron chi connectivity index (χ0n) is 15.7. The first-order chi connectivity index (χ1) is 13.1. The summed E-state index contributed by atoms with van der Waals surface area (Å²) in [4.78, 5) is 12.9. The number of aryl methyl sites for hydroxylation is 1. The Hall–Kier alpha value is -3.27. The van der Waals surface area contributed by atoms with Crippen molar-refractivity contribution in [3.8, 4) is 0 Å². The number of hydrogen-bond acceptors (Lipinski definition) is 3. The van der Waals surface area contributed by atoms with Gasteiger partial charge in [0.25, 0.3) is 0 Å². The molecule has 0 aliphatic rings. The number of carbonyl (C=O) groups excluding carboxylic acids is 1. The number of rotatable bonds is 6. The lowest BCUT2D eigenvalue weighted by Crippen LogP contribution is -2.44. The quantitative estimate of drug-likeness (QED) is 0.568. The first-order valence-corrected chi connectivity index (χ1v) is 8.96. The Kier molecular flexibility index (Phi) is 6.10. The molecule has 0 saturated heterocycles. The van der Waals surface area contributed by atoms with Gasteiger partial charge >= 0.3 is 6.09 Å². The van der Waals surface area contributed by atoms with Crippen molar-refractivity contribution in [2.75, 3.05) is 12.1 Å². The van der Waals surface area contributed by atoms with E-state index in [0.717, 1.165) is 16.8 Å². The second kappa shape index (κ2) is 8.90. The van der Waals surface area contributed by atoms with Crippen molar-refractivity contribution in [1.82, 2.24) is 5.01 Å². The standard InChI is InChI=1S/C23H24N2O2/c1-19-13-15-22(16-14-19)24(2)25(17-20-9-5-3-6-10-20)23(26)27-18-21-11-7-4-8-12-21/h3-16H,17-18H2,1-2H3. The molecule has 3 rings (SSSR count). The van der Waals surface area contributed by atoms with Crippen LogP contribution in [0.15, 0.2) is 84.9 Å². The lowest BCUT2D eigenvalue weighted by Gasteiger charge is -2.33. The second-order valence-electron chi connectivity index (χ2n) is 6.44. The molecule has 0 bridgehead atoms. The average Bonchev–Trinajstić information content (AvgIpc) is 2.72. The van der Waals surface area contributed by atoms with Gasteiger partial charge in [-0.2, -0.15) is 0 Å². The lowest BCUT2D eigenvalue weighted by molar-refractivity contribution is 0.0914. The lowest BCUT2D eigenvalue weighted by atomic mass is 10.2. The van der Waals surface area contributed by atoms with E-state index in [-0.39, 0.29) is 12.7 Å². The predicted molar refractivity (Wildman–Crippen MR) is 108 cm³/mol. The monoisotopic (exact) mass is 360 g/mol. The summed E-state index contributed by atoms with van der Waals surface area (Å²) >= 11 is 0. The van der Waals surface area contributed by atoms with Gasteiger partial charge in [-0.25, -0.2) is 9.80 Å². The van der Waals surface area contributed by atoms with Crippen molar-refractivity contribution in [2.24, 2.45) is 0 Å². The predicted octanol–water partition coefficient (Wildman–Crippen LogP) is 5.19. The SMILES string of the molecule is Cc1ccc(N(C)N(Cc2ccccc2)C(=O)OCc2ccccc2)cc1. The minimum Gasteiger partial charge on any atom is -0.443 e. The van der Waals surface area contributed by atoms with E-state index in [1.807, 2.05) is 104 Å². The van der Waals surface area contributed by atoms with Gasteiger partial charge in [0, 0.05) is 7.05 Å². The van der Waals surface area contributed by atoms with Crippen molar-refractivity contribution in [3.63, 3.8) is 0 Å². The van der Waals surface area contributed by atoms with E-state index < -0.39 is 0 Å². The zero-order valence-corrected chi connectivity index (χ0v) is 15.7. The molecule has 0 atom stereocenters. The van der Waals surface area contributed by atoms with E-state index in [1.54, 1.807) is 5.01 Å². The maximum atomic E-state index is 12.9. The van der Waals surface area contributed by atoms with Crippen molar-refractivity contribution >= 4 is 11.8 Å². The highest BCUT2D eigenvalue weighted by atomic mass is 16.6. The number of ether oxygens (including phenoxy) is 1. The van der Waals surface area contributed by atoms with Gasteiger partial charge in [0.15, 0.2) is 0 Å². The maximum absolute atomic E-state index is 12.9. The summed E-state index contributed by atoms with van der Waals surface area (Å²) in [5, 5.41) is 3.45. The summed E-state index contributed by atoms with van der Waals surface area (Å²) in [6.07, 6.45) is -0.384. The highest BCUT2D eigenvalue weighted by Crippen LogP contribution is 2.19.